The van der Waals surface area contributed by atoms with Crippen LogP contribution in [0.1, 0.15) is 12.5 Å². The summed E-state index contributed by atoms with van der Waals surface area (Å²) in [4.78, 5) is 13.8. The molecule has 0 aliphatic carbocycles. The fourth-order valence-electron chi connectivity index (χ4n) is 1.81. The molecule has 0 aliphatic heterocycles. The highest BCUT2D eigenvalue weighted by Gasteiger charge is 2.07. The second-order valence-electron chi connectivity index (χ2n) is 3.75. The monoisotopic (exact) mass is 218 g/mol. The van der Waals surface area contributed by atoms with E-state index in [9.17, 15) is 9.90 Å². The number of hydrogen-bond acceptors (Lipinski definition) is 2. The van der Waals surface area contributed by atoms with Crippen LogP contribution in [0.4, 0.5) is 0 Å². The zero-order valence-corrected chi connectivity index (χ0v) is 9.08. The molecule has 0 fully saturated rings. The summed E-state index contributed by atoms with van der Waals surface area (Å²) in [5.41, 5.74) is 1.93. The van der Waals surface area contributed by atoms with Gasteiger partial charge in [0.15, 0.2) is 0 Å². The number of phenols is 1. The van der Waals surface area contributed by atoms with Crippen LogP contribution in [0.5, 0.6) is 5.75 Å². The van der Waals surface area contributed by atoms with E-state index in [1.165, 1.54) is 6.92 Å². The van der Waals surface area contributed by atoms with E-state index in [1.807, 2.05) is 12.3 Å². The number of aromatic hydroxyl groups is 1. The Kier molecular flexibility index (Phi) is 2.81. The van der Waals surface area contributed by atoms with E-state index in [0.29, 0.717) is 13.0 Å². The Labute approximate surface area is 93.3 Å². The number of rotatable bonds is 3. The standard InChI is InChI=1S/C12H14N2O2/c1-8(15)13-6-5-9-7-14-10-3-2-4-11(16)12(9)10/h2-4,7,14,16H,5-6H2,1H3,(H,13,15). The lowest BCUT2D eigenvalue weighted by Gasteiger charge is -2.02. The minimum Gasteiger partial charge on any atom is -0.507 e. The number of aromatic nitrogens is 1. The molecule has 1 aromatic heterocycles. The summed E-state index contributed by atoms with van der Waals surface area (Å²) in [7, 11) is 0. The number of amides is 1. The van der Waals surface area contributed by atoms with Crippen molar-refractivity contribution in [1.82, 2.24) is 10.3 Å². The van der Waals surface area contributed by atoms with Gasteiger partial charge in [0, 0.05) is 30.6 Å². The van der Waals surface area contributed by atoms with Crippen molar-refractivity contribution in [2.75, 3.05) is 6.54 Å². The molecule has 84 valence electrons. The molecular formula is C12H14N2O2. The molecular weight excluding hydrogens is 204 g/mol. The highest BCUT2D eigenvalue weighted by Crippen LogP contribution is 2.27. The third kappa shape index (κ3) is 2.00. The van der Waals surface area contributed by atoms with Gasteiger partial charge in [0.05, 0.1) is 0 Å². The first-order valence-corrected chi connectivity index (χ1v) is 5.21. The van der Waals surface area contributed by atoms with Gasteiger partial charge in [0.1, 0.15) is 5.75 Å². The predicted octanol–water partition coefficient (Wildman–Crippen LogP) is 1.55. The summed E-state index contributed by atoms with van der Waals surface area (Å²) in [5, 5.41) is 13.3. The second kappa shape index (κ2) is 4.26. The smallest absolute Gasteiger partial charge is 0.216 e. The van der Waals surface area contributed by atoms with Crippen molar-refractivity contribution in [2.45, 2.75) is 13.3 Å². The number of hydrogen-bond donors (Lipinski definition) is 3. The highest BCUT2D eigenvalue weighted by atomic mass is 16.3. The molecule has 16 heavy (non-hydrogen) atoms. The number of phenolic OH excluding ortho intramolecular Hbond substituents is 1. The molecule has 0 saturated heterocycles. The molecule has 2 rings (SSSR count). The number of carbonyl (C=O) groups excluding carboxylic acids is 1. The molecule has 4 nitrogen and oxygen atoms in total. The third-order valence-electron chi connectivity index (χ3n) is 2.53. The van der Waals surface area contributed by atoms with Gasteiger partial charge in [0.2, 0.25) is 5.91 Å². The fraction of sp³-hybridized carbons (Fsp3) is 0.250. The van der Waals surface area contributed by atoms with Crippen LogP contribution in [-0.2, 0) is 11.2 Å². The van der Waals surface area contributed by atoms with Crippen molar-refractivity contribution in [3.05, 3.63) is 30.0 Å². The van der Waals surface area contributed by atoms with E-state index in [-0.39, 0.29) is 11.7 Å². The average molecular weight is 218 g/mol. The maximum absolute atomic E-state index is 10.7. The molecule has 4 heteroatoms. The van der Waals surface area contributed by atoms with Crippen molar-refractivity contribution < 1.29 is 9.90 Å². The van der Waals surface area contributed by atoms with Crippen molar-refractivity contribution >= 4 is 16.8 Å². The van der Waals surface area contributed by atoms with Crippen LogP contribution in [0.2, 0.25) is 0 Å². The highest BCUT2D eigenvalue weighted by molar-refractivity contribution is 5.89. The zero-order valence-electron chi connectivity index (χ0n) is 9.08. The van der Waals surface area contributed by atoms with Crippen molar-refractivity contribution in [1.29, 1.82) is 0 Å². The third-order valence-corrected chi connectivity index (χ3v) is 2.53. The van der Waals surface area contributed by atoms with Gasteiger partial charge in [-0.15, -0.1) is 0 Å². The van der Waals surface area contributed by atoms with Gasteiger partial charge in [0.25, 0.3) is 0 Å². The molecule has 3 N–H and O–H groups in total. The van der Waals surface area contributed by atoms with E-state index in [1.54, 1.807) is 12.1 Å². The zero-order chi connectivity index (χ0) is 11.5. The van der Waals surface area contributed by atoms with Gasteiger partial charge < -0.3 is 15.4 Å². The molecule has 1 heterocycles. The molecule has 1 aromatic carbocycles. The quantitative estimate of drug-likeness (QED) is 0.731. The lowest BCUT2D eigenvalue weighted by molar-refractivity contribution is -0.118. The number of nitrogens with one attached hydrogen (secondary N) is 2. The first kappa shape index (κ1) is 10.5. The Morgan fingerprint density at radius 3 is 3.06 bits per heavy atom. The van der Waals surface area contributed by atoms with Crippen molar-refractivity contribution in [3.8, 4) is 5.75 Å². The first-order chi connectivity index (χ1) is 7.68. The summed E-state index contributed by atoms with van der Waals surface area (Å²) < 4.78 is 0. The van der Waals surface area contributed by atoms with Crippen molar-refractivity contribution in [2.24, 2.45) is 0 Å². The largest absolute Gasteiger partial charge is 0.507 e. The summed E-state index contributed by atoms with van der Waals surface area (Å²) in [6, 6.07) is 5.38. The van der Waals surface area contributed by atoms with E-state index >= 15 is 0 Å². The molecule has 0 atom stereocenters. The van der Waals surface area contributed by atoms with Crippen LogP contribution < -0.4 is 5.32 Å². The van der Waals surface area contributed by atoms with Crippen molar-refractivity contribution in [3.63, 3.8) is 0 Å². The normalized spacial score (nSPS) is 10.6. The fourth-order valence-corrected chi connectivity index (χ4v) is 1.81. The first-order valence-electron chi connectivity index (χ1n) is 5.21. The van der Waals surface area contributed by atoms with Crippen LogP contribution in [0.15, 0.2) is 24.4 Å². The minimum absolute atomic E-state index is 0.0379. The average Bonchev–Trinajstić information content (AvgIpc) is 2.62. The Morgan fingerprint density at radius 1 is 1.50 bits per heavy atom. The summed E-state index contributed by atoms with van der Waals surface area (Å²) in [5.74, 6) is 0.237. The van der Waals surface area contributed by atoms with Gasteiger partial charge >= 0.3 is 0 Å². The number of benzene rings is 1. The topological polar surface area (TPSA) is 65.1 Å². The molecule has 0 unspecified atom stereocenters. The summed E-state index contributed by atoms with van der Waals surface area (Å²) in [6.07, 6.45) is 2.57. The van der Waals surface area contributed by atoms with Crippen LogP contribution in [0.3, 0.4) is 0 Å². The molecule has 0 bridgehead atoms. The van der Waals surface area contributed by atoms with Gasteiger partial charge in [-0.25, -0.2) is 0 Å². The number of fused-ring (bicyclic) bond motifs is 1. The molecule has 0 spiro atoms. The maximum Gasteiger partial charge on any atom is 0.216 e. The minimum atomic E-state index is -0.0379. The van der Waals surface area contributed by atoms with Crippen LogP contribution in [0.25, 0.3) is 10.9 Å². The van der Waals surface area contributed by atoms with E-state index in [2.05, 4.69) is 10.3 Å². The van der Waals surface area contributed by atoms with Gasteiger partial charge in [-0.1, -0.05) is 6.07 Å². The summed E-state index contributed by atoms with van der Waals surface area (Å²) >= 11 is 0. The Morgan fingerprint density at radius 2 is 2.31 bits per heavy atom. The van der Waals surface area contributed by atoms with Gasteiger partial charge in [-0.3, -0.25) is 4.79 Å². The van der Waals surface area contributed by atoms with Crippen LogP contribution in [0, 0.1) is 0 Å². The van der Waals surface area contributed by atoms with E-state index in [4.69, 9.17) is 0 Å². The molecule has 1 amide bonds. The maximum atomic E-state index is 10.7. The SMILES string of the molecule is CC(=O)NCCc1c[nH]c2cccc(O)c12. The van der Waals surface area contributed by atoms with Crippen LogP contribution >= 0.6 is 0 Å². The second-order valence-corrected chi connectivity index (χ2v) is 3.75. The molecule has 2 aromatic rings. The number of H-pyrrole nitrogens is 1. The number of aromatic amines is 1. The van der Waals surface area contributed by atoms with E-state index < -0.39 is 0 Å². The lowest BCUT2D eigenvalue weighted by atomic mass is 10.1. The van der Waals surface area contributed by atoms with E-state index in [0.717, 1.165) is 16.5 Å². The molecule has 0 aliphatic rings. The number of carbonyl (C=O) groups is 1. The predicted molar refractivity (Wildman–Crippen MR) is 62.4 cm³/mol. The molecule has 0 radical (unpaired) electrons. The lowest BCUT2D eigenvalue weighted by Crippen LogP contribution is -2.22. The van der Waals surface area contributed by atoms with Gasteiger partial charge in [-0.05, 0) is 24.1 Å². The van der Waals surface area contributed by atoms with Crippen LogP contribution in [-0.4, -0.2) is 22.5 Å². The van der Waals surface area contributed by atoms with Gasteiger partial charge in [-0.2, -0.15) is 0 Å². The Bertz CT molecular complexity index is 517. The Hall–Kier alpha value is -1.97. The molecule has 0 saturated carbocycles. The Balaban J connectivity index is 2.21. The summed E-state index contributed by atoms with van der Waals surface area (Å²) in [6.45, 7) is 2.07.